The minimum Gasteiger partial charge on any atom is -0.494 e. The smallest absolute Gasteiger partial charge is 0.167 e. The molecule has 0 saturated heterocycles. The van der Waals surface area contributed by atoms with E-state index >= 15 is 0 Å². The monoisotopic (exact) mass is 274 g/mol. The summed E-state index contributed by atoms with van der Waals surface area (Å²) in [5.41, 5.74) is 5.69. The Morgan fingerprint density at radius 2 is 2.22 bits per heavy atom. The van der Waals surface area contributed by atoms with Gasteiger partial charge in [-0.1, -0.05) is 0 Å². The Morgan fingerprint density at radius 3 is 2.78 bits per heavy atom. The van der Waals surface area contributed by atoms with Crippen LogP contribution >= 0.6 is 11.8 Å². The minimum atomic E-state index is -0.854. The third-order valence-corrected chi connectivity index (χ3v) is 3.35. The molecule has 0 amide bonds. The van der Waals surface area contributed by atoms with Crippen LogP contribution in [0, 0.1) is 5.82 Å². The van der Waals surface area contributed by atoms with Crippen molar-refractivity contribution in [2.45, 2.75) is 12.5 Å². The van der Waals surface area contributed by atoms with Crippen molar-refractivity contribution in [3.63, 3.8) is 0 Å². The van der Waals surface area contributed by atoms with Crippen molar-refractivity contribution in [3.05, 3.63) is 17.9 Å². The summed E-state index contributed by atoms with van der Waals surface area (Å²) < 4.78 is 18.2. The number of nitrogens with one attached hydrogen (secondary N) is 1. The van der Waals surface area contributed by atoms with E-state index in [9.17, 15) is 9.50 Å². The molecule has 0 fully saturated rings. The summed E-state index contributed by atoms with van der Waals surface area (Å²) in [6.07, 6.45) is 1.92. The van der Waals surface area contributed by atoms with E-state index in [0.717, 1.165) is 0 Å². The maximum atomic E-state index is 13.3. The van der Waals surface area contributed by atoms with Gasteiger partial charge < -0.3 is 20.9 Å². The van der Waals surface area contributed by atoms with E-state index in [-0.39, 0.29) is 11.4 Å². The highest BCUT2D eigenvalue weighted by Crippen LogP contribution is 2.28. The van der Waals surface area contributed by atoms with Gasteiger partial charge in [-0.05, 0) is 13.2 Å². The van der Waals surface area contributed by atoms with Crippen molar-refractivity contribution < 1.29 is 14.2 Å². The molecule has 0 aliphatic carbocycles. The molecule has 102 valence electrons. The molecule has 0 heterocycles. The van der Waals surface area contributed by atoms with Gasteiger partial charge in [0.2, 0.25) is 0 Å². The Morgan fingerprint density at radius 1 is 1.56 bits per heavy atom. The molecule has 18 heavy (non-hydrogen) atoms. The molecule has 1 atom stereocenters. The van der Waals surface area contributed by atoms with Gasteiger partial charge in [-0.3, -0.25) is 0 Å². The number of anilines is 2. The molecule has 0 aromatic heterocycles. The lowest BCUT2D eigenvalue weighted by molar-refractivity contribution is 0.0997. The van der Waals surface area contributed by atoms with E-state index in [4.69, 9.17) is 10.5 Å². The Bertz CT molecular complexity index is 413. The lowest BCUT2D eigenvalue weighted by Crippen LogP contribution is -2.36. The first kappa shape index (κ1) is 14.9. The highest BCUT2D eigenvalue weighted by atomic mass is 32.2. The maximum absolute atomic E-state index is 13.3. The molecule has 0 spiro atoms. The SMILES string of the molecule is COc1cc(NCC(C)(O)CSC)c(N)cc1F. The quantitative estimate of drug-likeness (QED) is 0.692. The fourth-order valence-corrected chi connectivity index (χ4v) is 2.25. The lowest BCUT2D eigenvalue weighted by atomic mass is 10.1. The van der Waals surface area contributed by atoms with Gasteiger partial charge in [0, 0.05) is 24.4 Å². The third kappa shape index (κ3) is 3.96. The number of halogens is 1. The average molecular weight is 274 g/mol. The zero-order valence-corrected chi connectivity index (χ0v) is 11.6. The Hall–Kier alpha value is -1.14. The van der Waals surface area contributed by atoms with E-state index in [2.05, 4.69) is 5.32 Å². The van der Waals surface area contributed by atoms with Gasteiger partial charge in [-0.15, -0.1) is 0 Å². The van der Waals surface area contributed by atoms with Gasteiger partial charge in [-0.2, -0.15) is 11.8 Å². The summed E-state index contributed by atoms with van der Waals surface area (Å²) in [6.45, 7) is 2.06. The standard InChI is InChI=1S/C12H19FN2O2S/c1-12(16,7-18-3)6-15-10-5-11(17-2)8(13)4-9(10)14/h4-5,15-16H,6-7,14H2,1-3H3. The van der Waals surface area contributed by atoms with Gasteiger partial charge in [0.1, 0.15) is 0 Å². The van der Waals surface area contributed by atoms with Crippen LogP contribution in [0.5, 0.6) is 5.75 Å². The lowest BCUT2D eigenvalue weighted by Gasteiger charge is -2.23. The molecule has 1 unspecified atom stereocenters. The second kappa shape index (κ2) is 6.15. The van der Waals surface area contributed by atoms with Crippen LogP contribution in [0.15, 0.2) is 12.1 Å². The number of nitrogens with two attached hydrogens (primary N) is 1. The molecule has 0 aliphatic rings. The van der Waals surface area contributed by atoms with Crippen LogP contribution in [-0.4, -0.2) is 36.4 Å². The topological polar surface area (TPSA) is 67.5 Å². The number of aliphatic hydroxyl groups is 1. The summed E-state index contributed by atoms with van der Waals surface area (Å²) >= 11 is 1.55. The molecule has 4 N–H and O–H groups in total. The Labute approximate surface area is 111 Å². The van der Waals surface area contributed by atoms with Crippen LogP contribution < -0.4 is 15.8 Å². The second-order valence-corrected chi connectivity index (χ2v) is 5.22. The van der Waals surface area contributed by atoms with Crippen LogP contribution in [0.1, 0.15) is 6.92 Å². The largest absolute Gasteiger partial charge is 0.494 e. The zero-order valence-electron chi connectivity index (χ0n) is 10.8. The van der Waals surface area contributed by atoms with E-state index in [1.165, 1.54) is 19.2 Å². The molecule has 0 saturated carbocycles. The van der Waals surface area contributed by atoms with E-state index < -0.39 is 11.4 Å². The summed E-state index contributed by atoms with van der Waals surface area (Å²) in [4.78, 5) is 0. The van der Waals surface area contributed by atoms with E-state index in [1.54, 1.807) is 18.7 Å². The maximum Gasteiger partial charge on any atom is 0.167 e. The van der Waals surface area contributed by atoms with Crippen molar-refractivity contribution in [2.75, 3.05) is 36.7 Å². The highest BCUT2D eigenvalue weighted by Gasteiger charge is 2.20. The van der Waals surface area contributed by atoms with Gasteiger partial charge >= 0.3 is 0 Å². The van der Waals surface area contributed by atoms with Crippen molar-refractivity contribution >= 4 is 23.1 Å². The number of methoxy groups -OCH3 is 1. The fourth-order valence-electron chi connectivity index (χ4n) is 1.53. The van der Waals surface area contributed by atoms with Crippen LogP contribution in [0.25, 0.3) is 0 Å². The van der Waals surface area contributed by atoms with E-state index in [1.807, 2.05) is 6.26 Å². The van der Waals surface area contributed by atoms with Crippen molar-refractivity contribution in [2.24, 2.45) is 0 Å². The van der Waals surface area contributed by atoms with Crippen molar-refractivity contribution in [3.8, 4) is 5.75 Å². The molecular weight excluding hydrogens is 255 g/mol. The predicted octanol–water partition coefficient (Wildman–Crippen LogP) is 1.94. The normalized spacial score (nSPS) is 14.1. The van der Waals surface area contributed by atoms with Gasteiger partial charge in [0.25, 0.3) is 0 Å². The molecule has 0 bridgehead atoms. The number of nitrogen functional groups attached to an aromatic ring is 1. The fraction of sp³-hybridized carbons (Fsp3) is 0.500. The zero-order chi connectivity index (χ0) is 13.8. The number of thioether (sulfide) groups is 1. The van der Waals surface area contributed by atoms with Gasteiger partial charge in [-0.25, -0.2) is 4.39 Å². The first-order valence-electron chi connectivity index (χ1n) is 5.48. The predicted molar refractivity (Wildman–Crippen MR) is 74.9 cm³/mol. The molecule has 1 aromatic rings. The Balaban J connectivity index is 2.79. The molecule has 1 rings (SSSR count). The number of hydrogen-bond donors (Lipinski definition) is 3. The minimum absolute atomic E-state index is 0.121. The van der Waals surface area contributed by atoms with E-state index in [0.29, 0.717) is 18.0 Å². The Kier molecular flexibility index (Phi) is 5.10. The molecule has 0 aliphatic heterocycles. The number of ether oxygens (including phenoxy) is 1. The first-order valence-corrected chi connectivity index (χ1v) is 6.87. The van der Waals surface area contributed by atoms with Crippen LogP contribution in [0.4, 0.5) is 15.8 Å². The van der Waals surface area contributed by atoms with Crippen LogP contribution in [0.2, 0.25) is 0 Å². The molecular formula is C12H19FN2O2S. The van der Waals surface area contributed by atoms with Crippen LogP contribution in [-0.2, 0) is 0 Å². The average Bonchev–Trinajstić information content (AvgIpc) is 2.28. The second-order valence-electron chi connectivity index (χ2n) is 4.36. The van der Waals surface area contributed by atoms with Crippen molar-refractivity contribution in [1.29, 1.82) is 0 Å². The van der Waals surface area contributed by atoms with Crippen LogP contribution in [0.3, 0.4) is 0 Å². The summed E-state index contributed by atoms with van der Waals surface area (Å²) in [5, 5.41) is 13.0. The molecule has 4 nitrogen and oxygen atoms in total. The van der Waals surface area contributed by atoms with Gasteiger partial charge in [0.15, 0.2) is 11.6 Å². The molecule has 0 radical (unpaired) electrons. The number of benzene rings is 1. The highest BCUT2D eigenvalue weighted by molar-refractivity contribution is 7.98. The molecule has 1 aromatic carbocycles. The first-order chi connectivity index (χ1) is 8.39. The van der Waals surface area contributed by atoms with Crippen molar-refractivity contribution in [1.82, 2.24) is 0 Å². The number of hydrogen-bond acceptors (Lipinski definition) is 5. The van der Waals surface area contributed by atoms with Gasteiger partial charge in [0.05, 0.1) is 24.1 Å². The summed E-state index contributed by atoms with van der Waals surface area (Å²) in [6, 6.07) is 2.68. The third-order valence-electron chi connectivity index (χ3n) is 2.44. The molecule has 6 heteroatoms. The summed E-state index contributed by atoms with van der Waals surface area (Å²) in [7, 11) is 1.39. The number of rotatable bonds is 6. The summed E-state index contributed by atoms with van der Waals surface area (Å²) in [5.74, 6) is 0.214.